The molecule has 0 atom stereocenters. The number of ether oxygens (including phenoxy) is 1. The highest BCUT2D eigenvalue weighted by molar-refractivity contribution is 7.90. The lowest BCUT2D eigenvalue weighted by molar-refractivity contribution is -0.170. The van der Waals surface area contributed by atoms with Gasteiger partial charge in [-0.1, -0.05) is 6.92 Å². The molecule has 0 unspecified atom stereocenters. The maximum Gasteiger partial charge on any atom is 0.336 e. The molecule has 0 bridgehead atoms. The molecule has 192 valence electrons. The molecule has 1 aromatic carbocycles. The van der Waals surface area contributed by atoms with E-state index in [1.54, 1.807) is 0 Å². The summed E-state index contributed by atoms with van der Waals surface area (Å²) in [6, 6.07) is 4.26. The maximum absolute atomic E-state index is 12.2. The topological polar surface area (TPSA) is 208 Å². The molecule has 5 N–H and O–H groups in total. The van der Waals surface area contributed by atoms with Gasteiger partial charge in [0.05, 0.1) is 30.4 Å². The molecule has 34 heavy (non-hydrogen) atoms. The number of likely N-dealkylation sites (N-methyl/N-ethyl adjacent to an activating group) is 1. The number of nitrogens with zero attached hydrogens (tertiary/aromatic N) is 1. The Labute approximate surface area is 196 Å². The highest BCUT2D eigenvalue weighted by Gasteiger charge is 2.40. The number of benzene rings is 1. The lowest BCUT2D eigenvalue weighted by Crippen LogP contribution is -2.42. The minimum atomic E-state index is -3.37. The van der Waals surface area contributed by atoms with E-state index in [0.29, 0.717) is 12.3 Å². The fourth-order valence-electron chi connectivity index (χ4n) is 2.42. The Balaban J connectivity index is 0.000000722. The van der Waals surface area contributed by atoms with Crippen LogP contribution in [0.3, 0.4) is 0 Å². The predicted molar refractivity (Wildman–Crippen MR) is 119 cm³/mol. The number of rotatable bonds is 12. The fourth-order valence-corrected chi connectivity index (χ4v) is 3.07. The van der Waals surface area contributed by atoms with Crippen LogP contribution >= 0.6 is 0 Å². The molecule has 0 saturated carbocycles. The smallest absolute Gasteiger partial charge is 0.336 e. The Bertz CT molecular complexity index is 976. The number of carboxylic acid groups (broad SMARTS) is 3. The first-order valence-corrected chi connectivity index (χ1v) is 11.7. The number of hydrogen-bond donors (Lipinski definition) is 5. The van der Waals surface area contributed by atoms with Crippen molar-refractivity contribution in [1.29, 1.82) is 0 Å². The Kier molecular flexibility index (Phi) is 12.2. The molecule has 1 amide bonds. The van der Waals surface area contributed by atoms with Gasteiger partial charge >= 0.3 is 17.9 Å². The first-order valence-electron chi connectivity index (χ1n) is 9.81. The second-order valence-electron chi connectivity index (χ2n) is 7.26. The summed E-state index contributed by atoms with van der Waals surface area (Å²) in [5, 5.41) is 36.6. The summed E-state index contributed by atoms with van der Waals surface area (Å²) in [5.41, 5.74) is -2.52. The summed E-state index contributed by atoms with van der Waals surface area (Å²) >= 11 is 0. The predicted octanol–water partition coefficient (Wildman–Crippen LogP) is -0.468. The zero-order valence-electron chi connectivity index (χ0n) is 19.3. The standard InChI is InChI=1S/C14H22N2O4S.C6H8O7/c1-5-16(2)9-8-15-14(17)12-10-11(21(4,18)19)6-7-13(12)20-3;7-3(8)1-6(13,5(11)12)2-4(9)10/h6-7,10H,5,8-9H2,1-4H3,(H,15,17);13H,1-2H2,(H,7,8)(H,9,10)(H,11,12). The van der Waals surface area contributed by atoms with E-state index in [2.05, 4.69) is 10.2 Å². The second-order valence-corrected chi connectivity index (χ2v) is 9.28. The average Bonchev–Trinajstić information content (AvgIpc) is 2.71. The molecule has 1 rings (SSSR count). The van der Waals surface area contributed by atoms with Gasteiger partial charge in [0, 0.05) is 19.3 Å². The van der Waals surface area contributed by atoms with Gasteiger partial charge in [0.15, 0.2) is 15.4 Å². The van der Waals surface area contributed by atoms with Gasteiger partial charge < -0.3 is 35.4 Å². The highest BCUT2D eigenvalue weighted by Crippen LogP contribution is 2.22. The molecular formula is C20H30N2O11S. The molecule has 1 aromatic rings. The summed E-state index contributed by atoms with van der Waals surface area (Å²) in [6.07, 6.45) is -1.18. The van der Waals surface area contributed by atoms with E-state index in [9.17, 15) is 27.6 Å². The van der Waals surface area contributed by atoms with Crippen molar-refractivity contribution >= 4 is 33.7 Å². The van der Waals surface area contributed by atoms with Crippen molar-refractivity contribution in [2.75, 3.05) is 40.0 Å². The van der Waals surface area contributed by atoms with Crippen LogP contribution in [0.2, 0.25) is 0 Å². The van der Waals surface area contributed by atoms with Crippen LogP contribution in [0.5, 0.6) is 5.75 Å². The van der Waals surface area contributed by atoms with Gasteiger partial charge in [0.1, 0.15) is 5.75 Å². The van der Waals surface area contributed by atoms with Gasteiger partial charge in [-0.3, -0.25) is 14.4 Å². The molecule has 0 aliphatic rings. The van der Waals surface area contributed by atoms with Crippen molar-refractivity contribution in [3.05, 3.63) is 23.8 Å². The SMILES string of the molecule is CCN(C)CCNC(=O)c1cc(S(C)(=O)=O)ccc1OC.O=C(O)CC(O)(CC(=O)O)C(=O)O. The van der Waals surface area contributed by atoms with Crippen LogP contribution in [-0.4, -0.2) is 103 Å². The number of carbonyl (C=O) groups is 4. The summed E-state index contributed by atoms with van der Waals surface area (Å²) in [6.45, 7) is 4.12. The van der Waals surface area contributed by atoms with E-state index in [-0.39, 0.29) is 16.4 Å². The van der Waals surface area contributed by atoms with E-state index in [1.165, 1.54) is 25.3 Å². The lowest BCUT2D eigenvalue weighted by Gasteiger charge is -2.18. The third-order valence-corrected chi connectivity index (χ3v) is 5.56. The van der Waals surface area contributed by atoms with Crippen molar-refractivity contribution in [3.8, 4) is 5.75 Å². The number of amides is 1. The van der Waals surface area contributed by atoms with Gasteiger partial charge in [0.2, 0.25) is 0 Å². The lowest BCUT2D eigenvalue weighted by atomic mass is 9.96. The number of aliphatic carboxylic acids is 3. The number of carbonyl (C=O) groups excluding carboxylic acids is 1. The Morgan fingerprint density at radius 2 is 1.62 bits per heavy atom. The fraction of sp³-hybridized carbons (Fsp3) is 0.500. The molecule has 0 radical (unpaired) electrons. The molecule has 0 heterocycles. The molecular weight excluding hydrogens is 476 g/mol. The Hall–Kier alpha value is -3.23. The molecule has 0 saturated heterocycles. The van der Waals surface area contributed by atoms with Crippen LogP contribution in [0.25, 0.3) is 0 Å². The minimum Gasteiger partial charge on any atom is -0.496 e. The Morgan fingerprint density at radius 1 is 1.09 bits per heavy atom. The van der Waals surface area contributed by atoms with Crippen molar-refractivity contribution in [1.82, 2.24) is 10.2 Å². The maximum atomic E-state index is 12.2. The van der Waals surface area contributed by atoms with Gasteiger partial charge in [-0.15, -0.1) is 0 Å². The van der Waals surface area contributed by atoms with Crippen molar-refractivity contribution < 1.29 is 52.8 Å². The number of methoxy groups -OCH3 is 1. The van der Waals surface area contributed by atoms with Crippen LogP contribution in [0, 0.1) is 0 Å². The van der Waals surface area contributed by atoms with E-state index < -0.39 is 46.2 Å². The second kappa shape index (κ2) is 13.5. The van der Waals surface area contributed by atoms with E-state index >= 15 is 0 Å². The van der Waals surface area contributed by atoms with Crippen LogP contribution in [0.4, 0.5) is 0 Å². The highest BCUT2D eigenvalue weighted by atomic mass is 32.2. The number of carboxylic acids is 3. The molecule has 0 aliphatic carbocycles. The third-order valence-electron chi connectivity index (χ3n) is 4.45. The molecule has 13 nitrogen and oxygen atoms in total. The van der Waals surface area contributed by atoms with Crippen LogP contribution in [0.15, 0.2) is 23.1 Å². The Morgan fingerprint density at radius 3 is 2.00 bits per heavy atom. The molecule has 0 aliphatic heterocycles. The van der Waals surface area contributed by atoms with Gasteiger partial charge in [-0.05, 0) is 31.8 Å². The average molecular weight is 507 g/mol. The largest absolute Gasteiger partial charge is 0.496 e. The summed E-state index contributed by atoms with van der Waals surface area (Å²) in [7, 11) is 0.0314. The van der Waals surface area contributed by atoms with Gasteiger partial charge in [0.25, 0.3) is 5.91 Å². The zero-order chi connectivity index (χ0) is 26.7. The molecule has 0 fully saturated rings. The molecule has 0 aromatic heterocycles. The third kappa shape index (κ3) is 10.6. The molecule has 14 heteroatoms. The van der Waals surface area contributed by atoms with Crippen LogP contribution in [-0.2, 0) is 24.2 Å². The van der Waals surface area contributed by atoms with Crippen LogP contribution in [0.1, 0.15) is 30.1 Å². The zero-order valence-corrected chi connectivity index (χ0v) is 20.1. The van der Waals surface area contributed by atoms with Crippen LogP contribution < -0.4 is 10.1 Å². The monoisotopic (exact) mass is 506 g/mol. The van der Waals surface area contributed by atoms with Gasteiger partial charge in [-0.2, -0.15) is 0 Å². The number of aliphatic hydroxyl groups is 1. The molecule has 0 spiro atoms. The summed E-state index contributed by atoms with van der Waals surface area (Å²) in [5.74, 6) is -5.01. The van der Waals surface area contributed by atoms with Crippen molar-refractivity contribution in [2.45, 2.75) is 30.3 Å². The van der Waals surface area contributed by atoms with E-state index in [1.807, 2.05) is 14.0 Å². The van der Waals surface area contributed by atoms with Crippen molar-refractivity contribution in [3.63, 3.8) is 0 Å². The van der Waals surface area contributed by atoms with Crippen molar-refractivity contribution in [2.24, 2.45) is 0 Å². The number of sulfone groups is 1. The van der Waals surface area contributed by atoms with E-state index in [4.69, 9.17) is 25.2 Å². The number of nitrogens with one attached hydrogen (secondary N) is 1. The summed E-state index contributed by atoms with van der Waals surface area (Å²) in [4.78, 5) is 44.8. The summed E-state index contributed by atoms with van der Waals surface area (Å²) < 4.78 is 28.3. The quantitative estimate of drug-likeness (QED) is 0.244. The number of hydrogen-bond acceptors (Lipinski definition) is 9. The minimum absolute atomic E-state index is 0.0964. The first-order chi connectivity index (χ1) is 15.6. The van der Waals surface area contributed by atoms with E-state index in [0.717, 1.165) is 19.3 Å². The van der Waals surface area contributed by atoms with Gasteiger partial charge in [-0.25, -0.2) is 13.2 Å². The first kappa shape index (κ1) is 30.8. The normalized spacial score (nSPS) is 11.2.